The van der Waals surface area contributed by atoms with Crippen molar-refractivity contribution in [1.82, 2.24) is 29.6 Å². The van der Waals surface area contributed by atoms with Crippen molar-refractivity contribution in [3.8, 4) is 11.1 Å². The van der Waals surface area contributed by atoms with Gasteiger partial charge < -0.3 is 15.0 Å². The fourth-order valence-electron chi connectivity index (χ4n) is 5.36. The van der Waals surface area contributed by atoms with Gasteiger partial charge in [-0.15, -0.1) is 0 Å². The van der Waals surface area contributed by atoms with Crippen LogP contribution in [0.5, 0.6) is 0 Å². The van der Waals surface area contributed by atoms with Crippen molar-refractivity contribution in [2.45, 2.75) is 37.8 Å². The number of aromatic amines is 1. The van der Waals surface area contributed by atoms with E-state index in [0.717, 1.165) is 78.0 Å². The minimum absolute atomic E-state index is 0.412. The second-order valence-electron chi connectivity index (χ2n) is 9.15. The molecule has 8 nitrogen and oxygen atoms in total. The smallest absolute Gasteiger partial charge is 0.143 e. The summed E-state index contributed by atoms with van der Waals surface area (Å²) in [6, 6.07) is 5.18. The van der Waals surface area contributed by atoms with E-state index in [-0.39, 0.29) is 0 Å². The third-order valence-corrected chi connectivity index (χ3v) is 7.41. The zero-order chi connectivity index (χ0) is 22.4. The second kappa shape index (κ2) is 8.59. The maximum absolute atomic E-state index is 6.63. The summed E-state index contributed by atoms with van der Waals surface area (Å²) in [7, 11) is 1.91. The van der Waals surface area contributed by atoms with E-state index in [4.69, 9.17) is 16.3 Å². The second-order valence-corrected chi connectivity index (χ2v) is 9.56. The molecule has 0 radical (unpaired) electrons. The summed E-state index contributed by atoms with van der Waals surface area (Å²) in [6.07, 6.45) is 10.1. The SMILES string of the molecule is Cn1cc(-c2cc3c(cc2Cl)[nH]c2ncnc(N[C@H]4CC[C@H](N5CCOCC5)CC4)c23)cn1. The first-order valence-corrected chi connectivity index (χ1v) is 12.1. The van der Waals surface area contributed by atoms with Gasteiger partial charge in [-0.2, -0.15) is 5.10 Å². The molecule has 2 aliphatic rings. The molecule has 1 saturated heterocycles. The monoisotopic (exact) mass is 465 g/mol. The number of aryl methyl sites for hydroxylation is 1. The molecule has 1 saturated carbocycles. The molecule has 4 aromatic rings. The quantitative estimate of drug-likeness (QED) is 0.469. The Morgan fingerprint density at radius 2 is 1.94 bits per heavy atom. The normalized spacial score (nSPS) is 22.2. The molecule has 3 aromatic heterocycles. The molecule has 0 spiro atoms. The molecular formula is C24H28ClN7O. The van der Waals surface area contributed by atoms with Gasteiger partial charge in [0.2, 0.25) is 0 Å². The predicted octanol–water partition coefficient (Wildman–Crippen LogP) is 4.22. The zero-order valence-corrected chi connectivity index (χ0v) is 19.5. The van der Waals surface area contributed by atoms with Gasteiger partial charge in [0.15, 0.2) is 0 Å². The Labute approximate surface area is 197 Å². The van der Waals surface area contributed by atoms with Crippen LogP contribution in [0.25, 0.3) is 33.1 Å². The van der Waals surface area contributed by atoms with Crippen LogP contribution >= 0.6 is 11.6 Å². The van der Waals surface area contributed by atoms with E-state index < -0.39 is 0 Å². The predicted molar refractivity (Wildman–Crippen MR) is 131 cm³/mol. The van der Waals surface area contributed by atoms with E-state index in [1.807, 2.05) is 25.5 Å². The molecule has 4 heterocycles. The van der Waals surface area contributed by atoms with Crippen molar-refractivity contribution in [2.24, 2.45) is 7.05 Å². The Morgan fingerprint density at radius 1 is 1.12 bits per heavy atom. The summed E-state index contributed by atoms with van der Waals surface area (Å²) in [4.78, 5) is 15.2. The van der Waals surface area contributed by atoms with Gasteiger partial charge in [0.25, 0.3) is 0 Å². The van der Waals surface area contributed by atoms with Crippen molar-refractivity contribution < 1.29 is 4.74 Å². The summed E-state index contributed by atoms with van der Waals surface area (Å²) >= 11 is 6.63. The van der Waals surface area contributed by atoms with Gasteiger partial charge in [-0.25, -0.2) is 9.97 Å². The van der Waals surface area contributed by atoms with Crippen LogP contribution in [0.15, 0.2) is 30.9 Å². The van der Waals surface area contributed by atoms with Crippen LogP contribution in [0.2, 0.25) is 5.02 Å². The number of benzene rings is 1. The van der Waals surface area contributed by atoms with Crippen molar-refractivity contribution in [1.29, 1.82) is 0 Å². The summed E-state index contributed by atoms with van der Waals surface area (Å²) in [6.45, 7) is 3.85. The first kappa shape index (κ1) is 20.9. The van der Waals surface area contributed by atoms with Gasteiger partial charge in [-0.1, -0.05) is 11.6 Å². The van der Waals surface area contributed by atoms with Crippen molar-refractivity contribution in [2.75, 3.05) is 31.6 Å². The molecule has 6 rings (SSSR count). The van der Waals surface area contributed by atoms with Crippen molar-refractivity contribution in [3.63, 3.8) is 0 Å². The van der Waals surface area contributed by atoms with E-state index in [1.165, 1.54) is 12.8 Å². The summed E-state index contributed by atoms with van der Waals surface area (Å²) in [5.41, 5.74) is 3.73. The highest BCUT2D eigenvalue weighted by Gasteiger charge is 2.27. The topological polar surface area (TPSA) is 83.9 Å². The molecule has 33 heavy (non-hydrogen) atoms. The lowest BCUT2D eigenvalue weighted by molar-refractivity contribution is 0.00791. The Kier molecular flexibility index (Phi) is 5.44. The third kappa shape index (κ3) is 3.96. The molecule has 9 heteroatoms. The Morgan fingerprint density at radius 3 is 2.70 bits per heavy atom. The van der Waals surface area contributed by atoms with Crippen molar-refractivity contribution in [3.05, 3.63) is 35.9 Å². The molecule has 1 aliphatic carbocycles. The number of H-pyrrole nitrogens is 1. The average molecular weight is 466 g/mol. The van der Waals surface area contributed by atoms with E-state index in [2.05, 4.69) is 36.3 Å². The number of rotatable bonds is 4. The third-order valence-electron chi connectivity index (χ3n) is 7.09. The van der Waals surface area contributed by atoms with Crippen LogP contribution in [0.3, 0.4) is 0 Å². The molecule has 0 atom stereocenters. The Hall–Kier alpha value is -2.68. The molecule has 172 valence electrons. The van der Waals surface area contributed by atoms with Gasteiger partial charge in [0, 0.05) is 60.4 Å². The lowest BCUT2D eigenvalue weighted by Crippen LogP contribution is -2.46. The molecule has 1 aromatic carbocycles. The molecular weight excluding hydrogens is 438 g/mol. The number of nitrogens with one attached hydrogen (secondary N) is 2. The average Bonchev–Trinajstić information content (AvgIpc) is 3.43. The fourth-order valence-corrected chi connectivity index (χ4v) is 5.63. The number of fused-ring (bicyclic) bond motifs is 3. The van der Waals surface area contributed by atoms with Crippen molar-refractivity contribution >= 4 is 39.4 Å². The Balaban J connectivity index is 1.29. The molecule has 2 N–H and O–H groups in total. The van der Waals surface area contributed by atoms with E-state index in [1.54, 1.807) is 11.0 Å². The number of halogens is 1. The lowest BCUT2D eigenvalue weighted by atomic mass is 9.90. The number of ether oxygens (including phenoxy) is 1. The number of aromatic nitrogens is 5. The van der Waals surface area contributed by atoms with Crippen LogP contribution in [0.1, 0.15) is 25.7 Å². The van der Waals surface area contributed by atoms with Gasteiger partial charge in [0.1, 0.15) is 17.8 Å². The van der Waals surface area contributed by atoms with Gasteiger partial charge >= 0.3 is 0 Å². The molecule has 0 unspecified atom stereocenters. The van der Waals surface area contributed by atoms with Crippen LogP contribution in [0.4, 0.5) is 5.82 Å². The molecule has 0 amide bonds. The highest BCUT2D eigenvalue weighted by Crippen LogP contribution is 2.37. The molecule has 0 bridgehead atoms. The molecule has 1 aliphatic heterocycles. The minimum Gasteiger partial charge on any atom is -0.379 e. The number of morpholine rings is 1. The van der Waals surface area contributed by atoms with E-state index in [9.17, 15) is 0 Å². The highest BCUT2D eigenvalue weighted by molar-refractivity contribution is 6.34. The van der Waals surface area contributed by atoms with Gasteiger partial charge in [-0.05, 0) is 37.8 Å². The number of nitrogens with zero attached hydrogens (tertiary/aromatic N) is 5. The first-order chi connectivity index (χ1) is 16.2. The maximum Gasteiger partial charge on any atom is 0.143 e. The first-order valence-electron chi connectivity index (χ1n) is 11.7. The highest BCUT2D eigenvalue weighted by atomic mass is 35.5. The number of hydrogen-bond acceptors (Lipinski definition) is 6. The van der Waals surface area contributed by atoms with Crippen LogP contribution in [0, 0.1) is 0 Å². The maximum atomic E-state index is 6.63. The summed E-state index contributed by atoms with van der Waals surface area (Å²) in [5, 5.41) is 10.8. The Bertz CT molecular complexity index is 1280. The summed E-state index contributed by atoms with van der Waals surface area (Å²) < 4.78 is 7.31. The minimum atomic E-state index is 0.412. The van der Waals surface area contributed by atoms with Gasteiger partial charge in [-0.3, -0.25) is 9.58 Å². The molecule has 2 fully saturated rings. The van der Waals surface area contributed by atoms with E-state index >= 15 is 0 Å². The van der Waals surface area contributed by atoms with Gasteiger partial charge in [0.05, 0.1) is 29.8 Å². The number of hydrogen-bond donors (Lipinski definition) is 2. The van der Waals surface area contributed by atoms with E-state index in [0.29, 0.717) is 17.1 Å². The van der Waals surface area contributed by atoms with Crippen LogP contribution < -0.4 is 5.32 Å². The largest absolute Gasteiger partial charge is 0.379 e. The number of anilines is 1. The zero-order valence-electron chi connectivity index (χ0n) is 18.7. The van der Waals surface area contributed by atoms with Crippen LogP contribution in [-0.4, -0.2) is 68.0 Å². The lowest BCUT2D eigenvalue weighted by Gasteiger charge is -2.39. The fraction of sp³-hybridized carbons (Fsp3) is 0.458. The standard InChI is InChI=1S/C24H28ClN7O/c1-31-13-15(12-28-31)18-10-19-21(11-20(18)25)30-24-22(19)23(26-14-27-24)29-16-2-4-17(5-3-16)32-6-8-33-9-7-32/h10-14,16-17H,2-9H2,1H3,(H2,26,27,29,30)/t16-,17-. The summed E-state index contributed by atoms with van der Waals surface area (Å²) in [5.74, 6) is 0.889. The van der Waals surface area contributed by atoms with Crippen LogP contribution in [-0.2, 0) is 11.8 Å².